The van der Waals surface area contributed by atoms with Gasteiger partial charge >= 0.3 is 0 Å². The molecule has 0 aromatic rings. The minimum absolute atomic E-state index is 0.496. The molecule has 0 saturated carbocycles. The first-order valence-electron chi connectivity index (χ1n) is 9.49. The Kier molecular flexibility index (Phi) is 14.4. The number of nitriles is 1. The molecule has 0 aliphatic rings. The van der Waals surface area contributed by atoms with Crippen molar-refractivity contribution in [1.29, 1.82) is 5.26 Å². The quantitative estimate of drug-likeness (QED) is 0.297. The molecule has 2 nitrogen and oxygen atoms in total. The predicted molar refractivity (Wildman–Crippen MR) is 100 cm³/mol. The lowest BCUT2D eigenvalue weighted by molar-refractivity contribution is 0.130. The van der Waals surface area contributed by atoms with Gasteiger partial charge in [0.2, 0.25) is 0 Å². The van der Waals surface area contributed by atoms with Gasteiger partial charge in [-0.1, -0.05) is 90.9 Å². The van der Waals surface area contributed by atoms with Gasteiger partial charge in [-0.15, -0.1) is 9.24 Å². The SMILES string of the molecule is CCCCCCCCC(O)C(P)(C#N)CCCCCCCC. The largest absolute Gasteiger partial charge is 0.391 e. The van der Waals surface area contributed by atoms with Crippen LogP contribution in [-0.4, -0.2) is 16.4 Å². The average molecular weight is 327 g/mol. The van der Waals surface area contributed by atoms with Crippen LogP contribution < -0.4 is 0 Å². The fourth-order valence-corrected chi connectivity index (χ4v) is 3.24. The van der Waals surface area contributed by atoms with E-state index in [0.29, 0.717) is 0 Å². The first kappa shape index (κ1) is 21.9. The molecule has 0 heterocycles. The van der Waals surface area contributed by atoms with Crippen molar-refractivity contribution in [3.05, 3.63) is 0 Å². The third-order valence-corrected chi connectivity index (χ3v) is 5.38. The molecule has 3 atom stereocenters. The summed E-state index contributed by atoms with van der Waals surface area (Å²) in [4.78, 5) is 0. The molecule has 3 heteroatoms. The Morgan fingerprint density at radius 3 is 1.82 bits per heavy atom. The molecular weight excluding hydrogens is 289 g/mol. The van der Waals surface area contributed by atoms with Crippen LogP contribution in [0.25, 0.3) is 0 Å². The molecule has 0 bridgehead atoms. The van der Waals surface area contributed by atoms with Gasteiger partial charge in [0.15, 0.2) is 0 Å². The lowest BCUT2D eigenvalue weighted by Crippen LogP contribution is -2.34. The van der Waals surface area contributed by atoms with E-state index >= 15 is 0 Å². The van der Waals surface area contributed by atoms with Crippen LogP contribution in [0.2, 0.25) is 0 Å². The van der Waals surface area contributed by atoms with Gasteiger partial charge < -0.3 is 5.11 Å². The number of aliphatic hydroxyl groups excluding tert-OH is 1. The van der Waals surface area contributed by atoms with Crippen molar-refractivity contribution in [1.82, 2.24) is 0 Å². The Labute approximate surface area is 141 Å². The van der Waals surface area contributed by atoms with Crippen LogP contribution in [0.5, 0.6) is 0 Å². The smallest absolute Gasteiger partial charge is 0.0968 e. The van der Waals surface area contributed by atoms with Crippen molar-refractivity contribution in [2.75, 3.05) is 0 Å². The normalized spacial score (nSPS) is 15.2. The third-order valence-electron chi connectivity index (χ3n) is 4.58. The summed E-state index contributed by atoms with van der Waals surface area (Å²) in [5.74, 6) is 0. The van der Waals surface area contributed by atoms with Crippen LogP contribution in [0.4, 0.5) is 0 Å². The molecular formula is C19H38NOP. The van der Waals surface area contributed by atoms with Crippen molar-refractivity contribution in [3.8, 4) is 6.07 Å². The van der Waals surface area contributed by atoms with Crippen LogP contribution in [0.3, 0.4) is 0 Å². The van der Waals surface area contributed by atoms with Gasteiger partial charge in [0.05, 0.1) is 17.3 Å². The topological polar surface area (TPSA) is 44.0 Å². The highest BCUT2D eigenvalue weighted by molar-refractivity contribution is 7.19. The molecule has 0 aromatic heterocycles. The maximum atomic E-state index is 10.4. The minimum atomic E-state index is -0.631. The Bertz CT molecular complexity index is 290. The van der Waals surface area contributed by atoms with Gasteiger partial charge in [0, 0.05) is 0 Å². The monoisotopic (exact) mass is 327 g/mol. The lowest BCUT2D eigenvalue weighted by Gasteiger charge is -2.27. The molecule has 3 unspecified atom stereocenters. The van der Waals surface area contributed by atoms with Crippen LogP contribution in [-0.2, 0) is 0 Å². The third kappa shape index (κ3) is 10.6. The van der Waals surface area contributed by atoms with Crippen LogP contribution in [0.1, 0.15) is 104 Å². The maximum absolute atomic E-state index is 10.4. The molecule has 0 radical (unpaired) electrons. The first-order valence-corrected chi connectivity index (χ1v) is 10.1. The van der Waals surface area contributed by atoms with Gasteiger partial charge in [-0.3, -0.25) is 0 Å². The van der Waals surface area contributed by atoms with Crippen molar-refractivity contribution >= 4 is 9.24 Å². The zero-order valence-electron chi connectivity index (χ0n) is 14.9. The summed E-state index contributed by atoms with van der Waals surface area (Å²) in [5.41, 5.74) is 0. The molecule has 0 saturated heterocycles. The van der Waals surface area contributed by atoms with Crippen LogP contribution in [0.15, 0.2) is 0 Å². The molecule has 0 aliphatic heterocycles. The van der Waals surface area contributed by atoms with E-state index in [1.54, 1.807) is 0 Å². The Balaban J connectivity index is 3.85. The maximum Gasteiger partial charge on any atom is 0.0968 e. The van der Waals surface area contributed by atoms with E-state index in [-0.39, 0.29) is 0 Å². The van der Waals surface area contributed by atoms with Gasteiger partial charge in [-0.2, -0.15) is 5.26 Å². The van der Waals surface area contributed by atoms with Gasteiger partial charge in [0.1, 0.15) is 0 Å². The summed E-state index contributed by atoms with van der Waals surface area (Å²) in [5, 5.41) is 19.2. The van der Waals surface area contributed by atoms with E-state index in [2.05, 4.69) is 29.2 Å². The number of hydrogen-bond acceptors (Lipinski definition) is 2. The second-order valence-electron chi connectivity index (χ2n) is 6.74. The summed E-state index contributed by atoms with van der Waals surface area (Å²) < 4.78 is 0. The highest BCUT2D eigenvalue weighted by atomic mass is 31.0. The highest BCUT2D eigenvalue weighted by Crippen LogP contribution is 2.32. The van der Waals surface area contributed by atoms with Crippen LogP contribution in [0, 0.1) is 11.3 Å². The molecule has 0 aliphatic carbocycles. The van der Waals surface area contributed by atoms with Crippen LogP contribution >= 0.6 is 9.24 Å². The predicted octanol–water partition coefficient (Wildman–Crippen LogP) is 5.99. The number of nitrogens with zero attached hydrogens (tertiary/aromatic N) is 1. The summed E-state index contributed by atoms with van der Waals surface area (Å²) in [6, 6.07) is 2.35. The molecule has 0 aromatic carbocycles. The Morgan fingerprint density at radius 1 is 0.864 bits per heavy atom. The Morgan fingerprint density at radius 2 is 1.32 bits per heavy atom. The average Bonchev–Trinajstić information content (AvgIpc) is 2.53. The molecule has 0 fully saturated rings. The van der Waals surface area contributed by atoms with Gasteiger partial charge in [-0.25, -0.2) is 0 Å². The number of unbranched alkanes of at least 4 members (excludes halogenated alkanes) is 10. The number of aliphatic hydroxyl groups is 1. The van der Waals surface area contributed by atoms with Crippen molar-refractivity contribution in [3.63, 3.8) is 0 Å². The highest BCUT2D eigenvalue weighted by Gasteiger charge is 2.32. The zero-order chi connectivity index (χ0) is 16.7. The molecule has 22 heavy (non-hydrogen) atoms. The van der Waals surface area contributed by atoms with Gasteiger partial charge in [0.25, 0.3) is 0 Å². The minimum Gasteiger partial charge on any atom is -0.391 e. The lowest BCUT2D eigenvalue weighted by atomic mass is 9.91. The number of rotatable bonds is 15. The van der Waals surface area contributed by atoms with E-state index in [4.69, 9.17) is 0 Å². The van der Waals surface area contributed by atoms with E-state index in [9.17, 15) is 10.4 Å². The summed E-state index contributed by atoms with van der Waals surface area (Å²) in [6.45, 7) is 4.45. The number of hydrogen-bond donors (Lipinski definition) is 1. The second kappa shape index (κ2) is 14.5. The van der Waals surface area contributed by atoms with E-state index in [1.807, 2.05) is 0 Å². The van der Waals surface area contributed by atoms with E-state index < -0.39 is 11.3 Å². The Hall–Kier alpha value is -0.120. The summed E-state index contributed by atoms with van der Waals surface area (Å²) in [6.07, 6.45) is 15.8. The fourth-order valence-electron chi connectivity index (χ4n) is 2.87. The van der Waals surface area contributed by atoms with E-state index in [0.717, 1.165) is 25.7 Å². The fraction of sp³-hybridized carbons (Fsp3) is 0.947. The van der Waals surface area contributed by atoms with Gasteiger partial charge in [-0.05, 0) is 12.8 Å². The van der Waals surface area contributed by atoms with Crippen molar-refractivity contribution < 1.29 is 5.11 Å². The molecule has 0 spiro atoms. The zero-order valence-corrected chi connectivity index (χ0v) is 16.1. The summed E-state index contributed by atoms with van der Waals surface area (Å²) >= 11 is 0. The molecule has 0 rings (SSSR count). The second-order valence-corrected chi connectivity index (χ2v) is 7.77. The molecule has 0 amide bonds. The van der Waals surface area contributed by atoms with E-state index in [1.165, 1.54) is 64.2 Å². The summed E-state index contributed by atoms with van der Waals surface area (Å²) in [7, 11) is 2.64. The standard InChI is InChI=1S/C19H38NOP/c1-3-5-7-9-11-13-15-18(21)19(22,17-20)16-14-12-10-8-6-4-2/h18,21H,3-16,22H2,1-2H3. The molecule has 1 N–H and O–H groups in total. The first-order chi connectivity index (χ1) is 10.6. The van der Waals surface area contributed by atoms with Crippen molar-refractivity contribution in [2.24, 2.45) is 0 Å². The van der Waals surface area contributed by atoms with Crippen molar-refractivity contribution in [2.45, 2.75) is 115 Å². The molecule has 130 valence electrons.